The Balaban J connectivity index is 1.27. The Morgan fingerprint density at radius 2 is 2.00 bits per heavy atom. The maximum atomic E-state index is 13.6. The van der Waals surface area contributed by atoms with Crippen LogP contribution in [0.2, 0.25) is 0 Å². The molecule has 140 valence electrons. The molecule has 0 radical (unpaired) electrons. The number of hydrogen-bond donors (Lipinski definition) is 1. The monoisotopic (exact) mass is 366 g/mol. The minimum Gasteiger partial charge on any atom is -0.491 e. The standard InChI is InChI=1S/C22H23FN2O2/c23-19-6-2-4-8-21(19)27-12-10-16-9-11-25(15-16)22(26)13-17-14-24-20-7-3-1-5-18(17)20/h1-8,14,16,24H,9-13,15H2/t16-/m1/s1. The van der Waals surface area contributed by atoms with E-state index < -0.39 is 0 Å². The fraction of sp³-hybridized carbons (Fsp3) is 0.318. The predicted octanol–water partition coefficient (Wildman–Crippen LogP) is 4.17. The van der Waals surface area contributed by atoms with E-state index >= 15 is 0 Å². The van der Waals surface area contributed by atoms with Crippen LogP contribution in [0.25, 0.3) is 10.9 Å². The highest BCUT2D eigenvalue weighted by Crippen LogP contribution is 2.24. The first-order valence-corrected chi connectivity index (χ1v) is 9.41. The molecule has 5 heteroatoms. The molecule has 0 saturated carbocycles. The van der Waals surface area contributed by atoms with Crippen molar-refractivity contribution >= 4 is 16.8 Å². The van der Waals surface area contributed by atoms with Gasteiger partial charge in [-0.1, -0.05) is 30.3 Å². The summed E-state index contributed by atoms with van der Waals surface area (Å²) in [6, 6.07) is 14.5. The average molecular weight is 366 g/mol. The zero-order chi connectivity index (χ0) is 18.6. The van der Waals surface area contributed by atoms with Crippen molar-refractivity contribution in [2.24, 2.45) is 5.92 Å². The van der Waals surface area contributed by atoms with Gasteiger partial charge in [-0.3, -0.25) is 4.79 Å². The number of para-hydroxylation sites is 2. The molecule has 2 heterocycles. The number of amides is 1. The Kier molecular flexibility index (Phi) is 5.10. The van der Waals surface area contributed by atoms with E-state index in [0.29, 0.717) is 24.7 Å². The number of carbonyl (C=O) groups excluding carboxylic acids is 1. The summed E-state index contributed by atoms with van der Waals surface area (Å²) >= 11 is 0. The van der Waals surface area contributed by atoms with Gasteiger partial charge in [0.1, 0.15) is 0 Å². The Morgan fingerprint density at radius 1 is 1.19 bits per heavy atom. The molecule has 4 nitrogen and oxygen atoms in total. The van der Waals surface area contributed by atoms with Gasteiger partial charge in [0.2, 0.25) is 5.91 Å². The average Bonchev–Trinajstić information content (AvgIpc) is 3.31. The van der Waals surface area contributed by atoms with E-state index in [9.17, 15) is 9.18 Å². The predicted molar refractivity (Wildman–Crippen MR) is 103 cm³/mol. The number of nitrogens with zero attached hydrogens (tertiary/aromatic N) is 1. The van der Waals surface area contributed by atoms with Crippen LogP contribution in [0.5, 0.6) is 5.75 Å². The molecule has 1 fully saturated rings. The van der Waals surface area contributed by atoms with Gasteiger partial charge in [-0.05, 0) is 42.5 Å². The van der Waals surface area contributed by atoms with E-state index in [1.165, 1.54) is 6.07 Å². The zero-order valence-electron chi connectivity index (χ0n) is 15.2. The minimum atomic E-state index is -0.334. The molecular formula is C22H23FN2O2. The second-order valence-corrected chi connectivity index (χ2v) is 7.10. The van der Waals surface area contributed by atoms with Gasteiger partial charge in [0, 0.05) is 30.2 Å². The number of fused-ring (bicyclic) bond motifs is 1. The highest BCUT2D eigenvalue weighted by atomic mass is 19.1. The van der Waals surface area contributed by atoms with E-state index in [1.54, 1.807) is 18.2 Å². The van der Waals surface area contributed by atoms with Gasteiger partial charge in [0.25, 0.3) is 0 Å². The molecule has 27 heavy (non-hydrogen) atoms. The first-order valence-electron chi connectivity index (χ1n) is 9.41. The quantitative estimate of drug-likeness (QED) is 0.712. The first kappa shape index (κ1) is 17.6. The van der Waals surface area contributed by atoms with Gasteiger partial charge >= 0.3 is 0 Å². The normalized spacial score (nSPS) is 16.8. The number of carbonyl (C=O) groups is 1. The van der Waals surface area contributed by atoms with E-state index in [1.807, 2.05) is 35.4 Å². The number of likely N-dealkylation sites (tertiary alicyclic amines) is 1. The molecule has 4 rings (SSSR count). The Bertz CT molecular complexity index is 937. The van der Waals surface area contributed by atoms with Crippen molar-refractivity contribution in [2.45, 2.75) is 19.3 Å². The van der Waals surface area contributed by atoms with Crippen molar-refractivity contribution in [2.75, 3.05) is 19.7 Å². The van der Waals surface area contributed by atoms with Gasteiger partial charge in [-0.25, -0.2) is 4.39 Å². The van der Waals surface area contributed by atoms with E-state index in [4.69, 9.17) is 4.74 Å². The number of halogens is 1. The summed E-state index contributed by atoms with van der Waals surface area (Å²) in [4.78, 5) is 17.8. The largest absolute Gasteiger partial charge is 0.491 e. The van der Waals surface area contributed by atoms with Crippen LogP contribution in [0.4, 0.5) is 4.39 Å². The van der Waals surface area contributed by atoms with Gasteiger partial charge in [0.05, 0.1) is 13.0 Å². The zero-order valence-corrected chi connectivity index (χ0v) is 15.2. The molecule has 1 amide bonds. The number of ether oxygens (including phenoxy) is 1. The Labute approximate surface area is 157 Å². The van der Waals surface area contributed by atoms with Crippen LogP contribution < -0.4 is 4.74 Å². The van der Waals surface area contributed by atoms with Crippen LogP contribution in [0, 0.1) is 11.7 Å². The smallest absolute Gasteiger partial charge is 0.227 e. The molecule has 1 saturated heterocycles. The third-order valence-corrected chi connectivity index (χ3v) is 5.28. The number of rotatable bonds is 6. The highest BCUT2D eigenvalue weighted by molar-refractivity contribution is 5.88. The maximum Gasteiger partial charge on any atom is 0.227 e. The van der Waals surface area contributed by atoms with Crippen molar-refractivity contribution in [3.8, 4) is 5.75 Å². The molecule has 1 N–H and O–H groups in total. The third-order valence-electron chi connectivity index (χ3n) is 5.28. The molecule has 0 bridgehead atoms. The van der Waals surface area contributed by atoms with Crippen LogP contribution in [-0.4, -0.2) is 35.5 Å². The molecule has 1 aliphatic heterocycles. The molecule has 3 aromatic rings. The summed E-state index contributed by atoms with van der Waals surface area (Å²) in [6.07, 6.45) is 4.15. The lowest BCUT2D eigenvalue weighted by molar-refractivity contribution is -0.129. The Morgan fingerprint density at radius 3 is 2.89 bits per heavy atom. The number of aromatic nitrogens is 1. The number of H-pyrrole nitrogens is 1. The number of aromatic amines is 1. The molecule has 1 atom stereocenters. The summed E-state index contributed by atoms with van der Waals surface area (Å²) in [5, 5.41) is 1.11. The molecular weight excluding hydrogens is 343 g/mol. The summed E-state index contributed by atoms with van der Waals surface area (Å²) in [5.74, 6) is 0.531. The van der Waals surface area contributed by atoms with Crippen molar-refractivity contribution in [3.63, 3.8) is 0 Å². The van der Waals surface area contributed by atoms with Crippen LogP contribution >= 0.6 is 0 Å². The van der Waals surface area contributed by atoms with Crippen LogP contribution in [-0.2, 0) is 11.2 Å². The fourth-order valence-corrected chi connectivity index (χ4v) is 3.74. The first-order chi connectivity index (χ1) is 13.2. The summed E-state index contributed by atoms with van der Waals surface area (Å²) in [6.45, 7) is 2.00. The van der Waals surface area contributed by atoms with E-state index in [0.717, 1.165) is 42.4 Å². The molecule has 0 aliphatic carbocycles. The van der Waals surface area contributed by atoms with Gasteiger partial charge in [-0.2, -0.15) is 0 Å². The van der Waals surface area contributed by atoms with Crippen molar-refractivity contribution in [1.29, 1.82) is 0 Å². The van der Waals surface area contributed by atoms with Crippen LogP contribution in [0.15, 0.2) is 54.7 Å². The summed E-state index contributed by atoms with van der Waals surface area (Å²) in [7, 11) is 0. The highest BCUT2D eigenvalue weighted by Gasteiger charge is 2.26. The molecule has 2 aromatic carbocycles. The Hall–Kier alpha value is -2.82. The SMILES string of the molecule is O=C(Cc1c[nH]c2ccccc12)N1CC[C@H](CCOc2ccccc2F)C1. The number of nitrogens with one attached hydrogen (secondary N) is 1. The third kappa shape index (κ3) is 3.97. The summed E-state index contributed by atoms with van der Waals surface area (Å²) in [5.41, 5.74) is 2.10. The van der Waals surface area contributed by atoms with Gasteiger partial charge in [0.15, 0.2) is 11.6 Å². The fourth-order valence-electron chi connectivity index (χ4n) is 3.74. The van der Waals surface area contributed by atoms with Crippen molar-refractivity contribution < 1.29 is 13.9 Å². The second kappa shape index (κ2) is 7.82. The van der Waals surface area contributed by atoms with Gasteiger partial charge in [-0.15, -0.1) is 0 Å². The number of benzene rings is 2. The van der Waals surface area contributed by atoms with E-state index in [-0.39, 0.29) is 11.7 Å². The lowest BCUT2D eigenvalue weighted by atomic mass is 10.1. The topological polar surface area (TPSA) is 45.3 Å². The molecule has 1 aliphatic rings. The van der Waals surface area contributed by atoms with Crippen LogP contribution in [0.3, 0.4) is 0 Å². The molecule has 0 spiro atoms. The van der Waals surface area contributed by atoms with Crippen molar-refractivity contribution in [3.05, 3.63) is 66.1 Å². The molecule has 0 unspecified atom stereocenters. The summed E-state index contributed by atoms with van der Waals surface area (Å²) < 4.78 is 19.1. The van der Waals surface area contributed by atoms with E-state index in [2.05, 4.69) is 4.98 Å². The van der Waals surface area contributed by atoms with Crippen molar-refractivity contribution in [1.82, 2.24) is 9.88 Å². The lowest BCUT2D eigenvalue weighted by Gasteiger charge is -2.16. The number of hydrogen-bond acceptors (Lipinski definition) is 2. The van der Waals surface area contributed by atoms with Crippen LogP contribution in [0.1, 0.15) is 18.4 Å². The maximum absolute atomic E-state index is 13.6. The molecule has 1 aromatic heterocycles. The lowest BCUT2D eigenvalue weighted by Crippen LogP contribution is -2.30. The minimum absolute atomic E-state index is 0.164. The second-order valence-electron chi connectivity index (χ2n) is 7.10. The van der Waals surface area contributed by atoms with Gasteiger partial charge < -0.3 is 14.6 Å².